The van der Waals surface area contributed by atoms with Crippen molar-refractivity contribution < 1.29 is 27.1 Å². The Labute approximate surface area is 293 Å². The van der Waals surface area contributed by atoms with Crippen molar-refractivity contribution in [3.63, 3.8) is 0 Å². The van der Waals surface area contributed by atoms with Crippen LogP contribution in [0, 0.1) is 23.7 Å². The molecule has 0 unspecified atom stereocenters. The standard InChI is InChI=1S/C38H43ClFN3O5S/c1-24-6-4-17-38(47-3,29-10-15-35(40)41-20-29)32-12-8-28(32)21-43-22-37(16-5-7-26-18-30(39)11-13-31(26)37)23-48-34-14-9-27(19-33(34)43)36(44)42-49(45,46)25(24)2/h4,9-11,13-15,17-20,24-25,28,32H,5-8,12,16,21-23H2,1-3H3,(H,42,44)/b17-4-/t24-,25+,28-,32+,37-,38+/m0/s1. The first-order valence-electron chi connectivity index (χ1n) is 17.2. The Morgan fingerprint density at radius 1 is 1.12 bits per heavy atom. The highest BCUT2D eigenvalue weighted by Gasteiger charge is 2.50. The average molecular weight is 708 g/mol. The van der Waals surface area contributed by atoms with E-state index in [2.05, 4.69) is 26.7 Å². The molecule has 1 N–H and O–H groups in total. The van der Waals surface area contributed by atoms with Crippen LogP contribution in [-0.2, 0) is 32.2 Å². The number of fused-ring (bicyclic) bond motifs is 4. The lowest BCUT2D eigenvalue weighted by atomic mass is 9.62. The highest BCUT2D eigenvalue weighted by atomic mass is 35.5. The summed E-state index contributed by atoms with van der Waals surface area (Å²) in [5.41, 5.74) is 2.98. The van der Waals surface area contributed by atoms with Gasteiger partial charge in [0.1, 0.15) is 11.4 Å². The van der Waals surface area contributed by atoms with E-state index in [1.54, 1.807) is 44.5 Å². The van der Waals surface area contributed by atoms with Gasteiger partial charge in [-0.1, -0.05) is 36.7 Å². The number of nitrogens with one attached hydrogen (secondary N) is 1. The summed E-state index contributed by atoms with van der Waals surface area (Å²) in [6, 6.07) is 14.4. The molecule has 11 heteroatoms. The minimum absolute atomic E-state index is 0.0258. The second-order valence-corrected chi connectivity index (χ2v) is 16.9. The smallest absolute Gasteiger partial charge is 0.264 e. The summed E-state index contributed by atoms with van der Waals surface area (Å²) in [5.74, 6) is -0.691. The third-order valence-electron chi connectivity index (χ3n) is 11.6. The van der Waals surface area contributed by atoms with Crippen molar-refractivity contribution in [3.8, 4) is 5.75 Å². The third kappa shape index (κ3) is 6.14. The predicted molar refractivity (Wildman–Crippen MR) is 188 cm³/mol. The Bertz CT molecular complexity index is 1890. The first-order chi connectivity index (χ1) is 23.4. The van der Waals surface area contributed by atoms with Crippen LogP contribution >= 0.6 is 11.6 Å². The summed E-state index contributed by atoms with van der Waals surface area (Å²) >= 11 is 6.45. The number of halogens is 2. The van der Waals surface area contributed by atoms with Gasteiger partial charge >= 0.3 is 0 Å². The fourth-order valence-corrected chi connectivity index (χ4v) is 9.98. The van der Waals surface area contributed by atoms with Gasteiger partial charge in [-0.25, -0.2) is 18.1 Å². The van der Waals surface area contributed by atoms with Crippen LogP contribution in [0.25, 0.3) is 0 Å². The fourth-order valence-electron chi connectivity index (χ4n) is 8.50. The summed E-state index contributed by atoms with van der Waals surface area (Å²) < 4.78 is 56.4. The predicted octanol–water partition coefficient (Wildman–Crippen LogP) is 6.96. The zero-order chi connectivity index (χ0) is 34.6. The van der Waals surface area contributed by atoms with Crippen LogP contribution in [0.15, 0.2) is 66.9 Å². The lowest BCUT2D eigenvalue weighted by Gasteiger charge is -2.50. The Kier molecular flexibility index (Phi) is 9.03. The molecule has 1 fully saturated rings. The number of pyridine rings is 1. The fraction of sp³-hybridized carbons (Fsp3) is 0.474. The van der Waals surface area contributed by atoms with Gasteiger partial charge in [-0.15, -0.1) is 0 Å². The number of aryl methyl sites for hydroxylation is 1. The number of benzene rings is 2. The Morgan fingerprint density at radius 3 is 2.69 bits per heavy atom. The van der Waals surface area contributed by atoms with E-state index in [1.807, 2.05) is 25.1 Å². The lowest BCUT2D eigenvalue weighted by Crippen LogP contribution is -2.52. The van der Waals surface area contributed by atoms with Gasteiger partial charge in [-0.3, -0.25) is 4.79 Å². The van der Waals surface area contributed by atoms with Crippen LogP contribution in [-0.4, -0.2) is 51.4 Å². The van der Waals surface area contributed by atoms with E-state index >= 15 is 0 Å². The quantitative estimate of drug-likeness (QED) is 0.227. The maximum absolute atomic E-state index is 14.1. The van der Waals surface area contributed by atoms with Crippen molar-refractivity contribution in [1.29, 1.82) is 0 Å². The molecule has 2 aliphatic carbocycles. The molecule has 1 aromatic heterocycles. The number of allylic oxidation sites excluding steroid dienone is 1. The molecule has 7 rings (SSSR count). The monoisotopic (exact) mass is 707 g/mol. The molecule has 1 amide bonds. The van der Waals surface area contributed by atoms with Gasteiger partial charge in [0.05, 0.1) is 17.5 Å². The highest BCUT2D eigenvalue weighted by Crippen LogP contribution is 2.52. The molecule has 2 aliphatic heterocycles. The summed E-state index contributed by atoms with van der Waals surface area (Å²) in [4.78, 5) is 19.9. The minimum atomic E-state index is -4.01. The molecule has 4 aliphatic rings. The average Bonchev–Trinajstić information content (AvgIpc) is 3.22. The van der Waals surface area contributed by atoms with Crippen LogP contribution in [0.4, 0.5) is 10.1 Å². The number of anilines is 1. The maximum atomic E-state index is 14.1. The van der Waals surface area contributed by atoms with Crippen molar-refractivity contribution in [2.75, 3.05) is 31.7 Å². The van der Waals surface area contributed by atoms with Crippen LogP contribution in [0.5, 0.6) is 5.75 Å². The number of rotatable bonds is 2. The molecule has 260 valence electrons. The van der Waals surface area contributed by atoms with Crippen LogP contribution < -0.4 is 14.4 Å². The number of hydrogen-bond donors (Lipinski definition) is 1. The largest absolute Gasteiger partial charge is 0.490 e. The van der Waals surface area contributed by atoms with Gasteiger partial charge in [0.2, 0.25) is 16.0 Å². The number of aromatic nitrogens is 1. The van der Waals surface area contributed by atoms with Crippen molar-refractivity contribution in [2.24, 2.45) is 17.8 Å². The van der Waals surface area contributed by atoms with E-state index < -0.39 is 32.7 Å². The zero-order valence-electron chi connectivity index (χ0n) is 28.1. The van der Waals surface area contributed by atoms with Crippen LogP contribution in [0.1, 0.15) is 73.0 Å². The molecule has 1 saturated carbocycles. The Morgan fingerprint density at radius 2 is 1.96 bits per heavy atom. The van der Waals surface area contributed by atoms with Crippen molar-refractivity contribution in [2.45, 2.75) is 68.6 Å². The molecule has 0 radical (unpaired) electrons. The first-order valence-corrected chi connectivity index (χ1v) is 19.1. The topological polar surface area (TPSA) is 97.8 Å². The lowest BCUT2D eigenvalue weighted by molar-refractivity contribution is -0.0806. The number of ether oxygens (including phenoxy) is 2. The second kappa shape index (κ2) is 13.0. The van der Waals surface area contributed by atoms with E-state index in [-0.39, 0.29) is 28.7 Å². The number of hydrogen-bond acceptors (Lipinski definition) is 7. The molecule has 6 atom stereocenters. The van der Waals surface area contributed by atoms with Crippen molar-refractivity contribution >= 4 is 33.2 Å². The Hall–Kier alpha value is -3.47. The van der Waals surface area contributed by atoms with Crippen LogP contribution in [0.2, 0.25) is 5.02 Å². The SMILES string of the molecule is CO[C@@]1(c2ccc(F)nc2)/C=C\C[C@H](C)[C@@H](C)S(=O)(=O)NC(=O)c2ccc3c(c2)N(C[C@@H]2CC[C@H]21)C[C@@]1(CCCc2cc(Cl)ccc21)CO3. The number of sulfonamides is 1. The summed E-state index contributed by atoms with van der Waals surface area (Å²) in [7, 11) is -2.33. The second-order valence-electron chi connectivity index (χ2n) is 14.4. The Balaban J connectivity index is 1.36. The molecule has 0 saturated heterocycles. The van der Waals surface area contributed by atoms with Crippen molar-refractivity contribution in [3.05, 3.63) is 100 Å². The summed E-state index contributed by atoms with van der Waals surface area (Å²) in [5, 5.41) is -0.139. The normalized spacial score (nSPS) is 31.7. The number of nitrogens with zero attached hydrogens (tertiary/aromatic N) is 2. The van der Waals surface area contributed by atoms with E-state index in [1.165, 1.54) is 17.2 Å². The van der Waals surface area contributed by atoms with Crippen molar-refractivity contribution in [1.82, 2.24) is 9.71 Å². The summed E-state index contributed by atoms with van der Waals surface area (Å²) in [6.45, 7) is 5.22. The van der Waals surface area contributed by atoms with Gasteiger partial charge < -0.3 is 14.4 Å². The molecule has 1 spiro atoms. The van der Waals surface area contributed by atoms with E-state index in [9.17, 15) is 17.6 Å². The first kappa shape index (κ1) is 34.0. The van der Waals surface area contributed by atoms with E-state index in [4.69, 9.17) is 21.1 Å². The molecular formula is C38H43ClFN3O5S. The van der Waals surface area contributed by atoms with E-state index in [0.717, 1.165) is 43.4 Å². The number of carbonyl (C=O) groups is 1. The van der Waals surface area contributed by atoms with Gasteiger partial charge in [0, 0.05) is 53.9 Å². The van der Waals surface area contributed by atoms with Gasteiger partial charge in [-0.2, -0.15) is 4.39 Å². The molecule has 8 nitrogen and oxygen atoms in total. The number of carbonyl (C=O) groups excluding carboxylic acids is 1. The van der Waals surface area contributed by atoms with Gasteiger partial charge in [-0.05, 0) is 111 Å². The molecule has 3 heterocycles. The zero-order valence-corrected chi connectivity index (χ0v) is 29.7. The minimum Gasteiger partial charge on any atom is -0.490 e. The van der Waals surface area contributed by atoms with Gasteiger partial charge in [0.25, 0.3) is 5.91 Å². The number of methoxy groups -OCH3 is 1. The molecule has 49 heavy (non-hydrogen) atoms. The van der Waals surface area contributed by atoms with Crippen LogP contribution in [0.3, 0.4) is 0 Å². The summed E-state index contributed by atoms with van der Waals surface area (Å²) in [6.07, 6.45) is 10.6. The van der Waals surface area contributed by atoms with E-state index in [0.29, 0.717) is 36.9 Å². The highest BCUT2D eigenvalue weighted by molar-refractivity contribution is 7.90. The molecular weight excluding hydrogens is 665 g/mol. The third-order valence-corrected chi connectivity index (χ3v) is 13.8. The molecule has 3 aromatic rings. The van der Waals surface area contributed by atoms with Gasteiger partial charge in [0.15, 0.2) is 0 Å². The number of amides is 1. The molecule has 2 bridgehead atoms. The molecule has 2 aromatic carbocycles. The maximum Gasteiger partial charge on any atom is 0.264 e.